The molecule has 4 unspecified atom stereocenters. The van der Waals surface area contributed by atoms with Gasteiger partial charge in [-0.3, -0.25) is 0 Å². The zero-order valence-electron chi connectivity index (χ0n) is 32.1. The predicted octanol–water partition coefficient (Wildman–Crippen LogP) is 8.70. The maximum Gasteiger partial charge on any atom is 0.134 e. The minimum atomic E-state index is -0.892. The van der Waals surface area contributed by atoms with Gasteiger partial charge in [0.05, 0.1) is 44.2 Å². The summed E-state index contributed by atoms with van der Waals surface area (Å²) in [5.74, 6) is 1.01. The Balaban J connectivity index is 0.000000208. The van der Waals surface area contributed by atoms with Crippen molar-refractivity contribution < 1.29 is 34.3 Å². The lowest BCUT2D eigenvalue weighted by molar-refractivity contribution is -0.190. The number of hydrogen-bond acceptors (Lipinski definition) is 9. The van der Waals surface area contributed by atoms with Gasteiger partial charge in [-0.25, -0.2) is 0 Å². The molecule has 4 aromatic rings. The number of ether oxygens (including phenoxy) is 4. The number of thioether (sulfide) groups is 2. The van der Waals surface area contributed by atoms with Crippen molar-refractivity contribution in [1.82, 2.24) is 0 Å². The molecule has 2 fully saturated rings. The number of aliphatic hydroxyl groups excluding tert-OH is 3. The molecule has 12 atom stereocenters. The van der Waals surface area contributed by atoms with E-state index in [1.54, 1.807) is 23.5 Å². The van der Waals surface area contributed by atoms with Gasteiger partial charge >= 0.3 is 0 Å². The molecular formula is C45H58O7S2. The van der Waals surface area contributed by atoms with Crippen molar-refractivity contribution in [1.29, 1.82) is 0 Å². The van der Waals surface area contributed by atoms with E-state index < -0.39 is 12.2 Å². The third kappa shape index (κ3) is 11.7. The molecule has 6 rings (SSSR count). The van der Waals surface area contributed by atoms with Gasteiger partial charge in [0.1, 0.15) is 17.0 Å². The third-order valence-electron chi connectivity index (χ3n) is 10.8. The Hall–Kier alpha value is -2.70. The largest absolute Gasteiger partial charge is 0.396 e. The summed E-state index contributed by atoms with van der Waals surface area (Å²) in [7, 11) is 0. The second-order valence-electron chi connectivity index (χ2n) is 14.7. The number of aliphatic hydroxyl groups is 3. The molecule has 0 aromatic heterocycles. The summed E-state index contributed by atoms with van der Waals surface area (Å²) in [4.78, 5) is 2.27. The van der Waals surface area contributed by atoms with Gasteiger partial charge in [0.25, 0.3) is 0 Å². The molecule has 54 heavy (non-hydrogen) atoms. The first-order chi connectivity index (χ1) is 26.2. The Labute approximate surface area is 330 Å². The summed E-state index contributed by atoms with van der Waals surface area (Å²) >= 11 is 3.32. The molecule has 292 valence electrons. The van der Waals surface area contributed by atoms with Gasteiger partial charge in [0.2, 0.25) is 0 Å². The minimum absolute atomic E-state index is 0.00689. The maximum atomic E-state index is 10.2. The SMILES string of the molecule is CC1[C@H](C)C([C@H](C)CO)O[C@H](Sc2ccccc2)[C@@H]1OCc1ccccc1.CC1[C@H](C)C([C@H](O)CO)O[C@H](Sc2ccccc2)[C@@H]1OCc1ccccc1. The average Bonchev–Trinajstić information content (AvgIpc) is 3.21. The first-order valence-electron chi connectivity index (χ1n) is 19.1. The van der Waals surface area contributed by atoms with E-state index in [1.807, 2.05) is 84.9 Å². The maximum absolute atomic E-state index is 10.2. The Morgan fingerprint density at radius 2 is 0.907 bits per heavy atom. The van der Waals surface area contributed by atoms with Crippen LogP contribution in [0.4, 0.5) is 0 Å². The summed E-state index contributed by atoms with van der Waals surface area (Å²) in [5, 5.41) is 29.3. The summed E-state index contributed by atoms with van der Waals surface area (Å²) in [6.07, 6.45) is -1.40. The van der Waals surface area contributed by atoms with Gasteiger partial charge < -0.3 is 34.3 Å². The van der Waals surface area contributed by atoms with Crippen LogP contribution in [0.3, 0.4) is 0 Å². The second-order valence-corrected chi connectivity index (χ2v) is 17.0. The Bertz CT molecular complexity index is 1480. The van der Waals surface area contributed by atoms with Crippen LogP contribution < -0.4 is 0 Å². The molecule has 2 saturated heterocycles. The monoisotopic (exact) mass is 774 g/mol. The fraction of sp³-hybridized carbons (Fsp3) is 0.467. The normalized spacial score (nSPS) is 29.4. The fourth-order valence-corrected chi connectivity index (χ4v) is 9.61. The van der Waals surface area contributed by atoms with E-state index in [-0.39, 0.29) is 60.2 Å². The fourth-order valence-electron chi connectivity index (χ4n) is 7.16. The number of benzene rings is 4. The van der Waals surface area contributed by atoms with Crippen molar-refractivity contribution in [3.8, 4) is 0 Å². The molecular weight excluding hydrogens is 717 g/mol. The summed E-state index contributed by atoms with van der Waals surface area (Å²) in [6, 6.07) is 40.8. The van der Waals surface area contributed by atoms with Crippen molar-refractivity contribution in [3.63, 3.8) is 0 Å². The average molecular weight is 775 g/mol. The van der Waals surface area contributed by atoms with Crippen LogP contribution in [0.25, 0.3) is 0 Å². The molecule has 0 saturated carbocycles. The zero-order chi connectivity index (χ0) is 38.5. The van der Waals surface area contributed by atoms with Gasteiger partial charge in [-0.05, 0) is 59.1 Å². The smallest absolute Gasteiger partial charge is 0.134 e. The molecule has 0 radical (unpaired) electrons. The highest BCUT2D eigenvalue weighted by atomic mass is 32.2. The van der Waals surface area contributed by atoms with Crippen LogP contribution >= 0.6 is 23.5 Å². The van der Waals surface area contributed by atoms with Crippen molar-refractivity contribution in [3.05, 3.63) is 132 Å². The van der Waals surface area contributed by atoms with Gasteiger partial charge in [-0.2, -0.15) is 0 Å². The number of rotatable bonds is 14. The molecule has 9 heteroatoms. The molecule has 0 aliphatic carbocycles. The Morgan fingerprint density at radius 3 is 1.30 bits per heavy atom. The van der Waals surface area contributed by atoms with Gasteiger partial charge in [0, 0.05) is 22.3 Å². The molecule has 7 nitrogen and oxygen atoms in total. The Kier molecular flexibility index (Phi) is 16.9. The van der Waals surface area contributed by atoms with E-state index in [1.165, 1.54) is 10.5 Å². The van der Waals surface area contributed by atoms with Crippen molar-refractivity contribution in [2.24, 2.45) is 29.6 Å². The summed E-state index contributed by atoms with van der Waals surface area (Å²) < 4.78 is 25.5. The first-order valence-corrected chi connectivity index (χ1v) is 20.9. The van der Waals surface area contributed by atoms with E-state index in [4.69, 9.17) is 18.9 Å². The van der Waals surface area contributed by atoms with E-state index >= 15 is 0 Å². The van der Waals surface area contributed by atoms with Crippen LogP contribution in [-0.4, -0.2) is 69.9 Å². The standard InChI is InChI=1S/C23H30O3S.C22H28O4S/c1-16(14-24)21-17(2)18(3)22(25-15-19-10-6-4-7-11-19)23(26-21)27-20-12-8-5-9-13-20;1-15-16(2)21(25-14-17-9-5-3-6-10-17)22(26-20(15)19(24)13-23)27-18-11-7-4-8-12-18/h4-13,16-18,21-24H,14-15H2,1-3H3;3-12,15-16,19-24H,13-14H2,1-2H3/t16-,17+,18?,21?,22-,23-;15-,16?,19+,20?,21+,22+/m10/s1. The van der Waals surface area contributed by atoms with Gasteiger partial charge in [-0.15, -0.1) is 0 Å². The summed E-state index contributed by atoms with van der Waals surface area (Å²) in [5.41, 5.74) is 1.94. The lowest BCUT2D eigenvalue weighted by Gasteiger charge is -2.46. The Morgan fingerprint density at radius 1 is 0.537 bits per heavy atom. The molecule has 2 heterocycles. The minimum Gasteiger partial charge on any atom is -0.396 e. The van der Waals surface area contributed by atoms with Crippen LogP contribution in [0.2, 0.25) is 0 Å². The molecule has 2 aliphatic heterocycles. The number of hydrogen-bond donors (Lipinski definition) is 3. The lowest BCUT2D eigenvalue weighted by atomic mass is 9.79. The molecule has 0 bridgehead atoms. The highest BCUT2D eigenvalue weighted by Crippen LogP contribution is 2.43. The van der Waals surface area contributed by atoms with Crippen LogP contribution in [-0.2, 0) is 32.2 Å². The van der Waals surface area contributed by atoms with Crippen LogP contribution in [0.1, 0.15) is 45.7 Å². The molecule has 0 spiro atoms. The van der Waals surface area contributed by atoms with Crippen LogP contribution in [0.5, 0.6) is 0 Å². The molecule has 2 aliphatic rings. The summed E-state index contributed by atoms with van der Waals surface area (Å²) in [6.45, 7) is 11.6. The van der Waals surface area contributed by atoms with Crippen molar-refractivity contribution in [2.45, 2.75) is 99.0 Å². The highest BCUT2D eigenvalue weighted by molar-refractivity contribution is 8.00. The van der Waals surface area contributed by atoms with E-state index in [0.717, 1.165) is 10.5 Å². The van der Waals surface area contributed by atoms with Crippen LogP contribution in [0, 0.1) is 29.6 Å². The zero-order valence-corrected chi connectivity index (χ0v) is 33.7. The first kappa shape index (κ1) is 42.4. The van der Waals surface area contributed by atoms with Gasteiger partial charge in [-0.1, -0.05) is 155 Å². The van der Waals surface area contributed by atoms with E-state index in [2.05, 4.69) is 71.0 Å². The second kappa shape index (κ2) is 21.6. The third-order valence-corrected chi connectivity index (χ3v) is 13.1. The van der Waals surface area contributed by atoms with E-state index in [0.29, 0.717) is 25.0 Å². The molecule has 3 N–H and O–H groups in total. The van der Waals surface area contributed by atoms with Gasteiger partial charge in [0.15, 0.2) is 0 Å². The van der Waals surface area contributed by atoms with Crippen LogP contribution in [0.15, 0.2) is 131 Å². The van der Waals surface area contributed by atoms with Crippen molar-refractivity contribution in [2.75, 3.05) is 13.2 Å². The highest BCUT2D eigenvalue weighted by Gasteiger charge is 2.46. The van der Waals surface area contributed by atoms with E-state index in [9.17, 15) is 15.3 Å². The predicted molar refractivity (Wildman–Crippen MR) is 218 cm³/mol. The topological polar surface area (TPSA) is 97.6 Å². The molecule has 0 amide bonds. The lowest BCUT2D eigenvalue weighted by Crippen LogP contribution is -2.53. The quantitative estimate of drug-likeness (QED) is 0.116. The molecule has 4 aromatic carbocycles. The van der Waals surface area contributed by atoms with Crippen molar-refractivity contribution >= 4 is 23.5 Å².